The van der Waals surface area contributed by atoms with Crippen LogP contribution in [-0.2, 0) is 11.3 Å². The van der Waals surface area contributed by atoms with Crippen molar-refractivity contribution < 1.29 is 14.5 Å². The second-order valence-corrected chi connectivity index (χ2v) is 7.42. The maximum absolute atomic E-state index is 12.3. The molecular weight excluding hydrogens is 431 g/mol. The molecule has 0 aliphatic heterocycles. The zero-order valence-corrected chi connectivity index (χ0v) is 17.7. The minimum Gasteiger partial charge on any atom is -0.457 e. The zero-order chi connectivity index (χ0) is 21.8. The van der Waals surface area contributed by atoms with Gasteiger partial charge in [-0.2, -0.15) is 5.10 Å². The average Bonchev–Trinajstić information content (AvgIpc) is 3.00. The highest BCUT2D eigenvalue weighted by Gasteiger charge is 2.14. The molecule has 1 aromatic heterocycles. The fraction of sp³-hybridized carbons (Fsp3) is 0.200. The molecule has 1 amide bonds. The molecule has 0 unspecified atom stereocenters. The molecule has 1 N–H and O–H groups in total. The first-order valence-electron chi connectivity index (χ1n) is 8.94. The van der Waals surface area contributed by atoms with E-state index in [0.717, 1.165) is 5.56 Å². The third kappa shape index (κ3) is 5.49. The van der Waals surface area contributed by atoms with Crippen molar-refractivity contribution >= 4 is 40.5 Å². The Morgan fingerprint density at radius 3 is 2.57 bits per heavy atom. The van der Waals surface area contributed by atoms with Gasteiger partial charge in [0.05, 0.1) is 27.4 Å². The molecule has 10 heteroatoms. The molecule has 2 aromatic carbocycles. The molecule has 0 atom stereocenters. The Labute approximate surface area is 182 Å². The van der Waals surface area contributed by atoms with Crippen LogP contribution >= 0.6 is 23.2 Å². The summed E-state index contributed by atoms with van der Waals surface area (Å²) in [4.78, 5) is 23.0. The molecule has 0 bridgehead atoms. The standard InChI is InChI=1S/C20H18Cl2N4O4/c1-12-7-16(3-4-18(12)21)30-17-9-14(8-15(10-17)26(28)29)23-20(27)5-6-25-11-19(22)13(2)24-25/h3-4,7-11H,5-6H2,1-2H3,(H,23,27). The highest BCUT2D eigenvalue weighted by Crippen LogP contribution is 2.31. The van der Waals surface area contributed by atoms with E-state index in [1.807, 2.05) is 6.92 Å². The van der Waals surface area contributed by atoms with E-state index in [1.54, 1.807) is 36.0 Å². The number of hydrogen-bond donors (Lipinski definition) is 1. The molecule has 3 rings (SSSR count). The second-order valence-electron chi connectivity index (χ2n) is 6.61. The number of aryl methyl sites for hydroxylation is 3. The molecule has 0 aliphatic carbocycles. The Balaban J connectivity index is 1.73. The van der Waals surface area contributed by atoms with Crippen molar-refractivity contribution in [1.82, 2.24) is 9.78 Å². The molecule has 8 nitrogen and oxygen atoms in total. The molecule has 0 fully saturated rings. The van der Waals surface area contributed by atoms with E-state index in [0.29, 0.717) is 28.0 Å². The number of carbonyl (C=O) groups is 1. The van der Waals surface area contributed by atoms with Gasteiger partial charge in [-0.15, -0.1) is 0 Å². The fourth-order valence-electron chi connectivity index (χ4n) is 2.68. The monoisotopic (exact) mass is 448 g/mol. The predicted molar refractivity (Wildman–Crippen MR) is 115 cm³/mol. The molecule has 0 radical (unpaired) electrons. The van der Waals surface area contributed by atoms with Gasteiger partial charge in [0.1, 0.15) is 11.5 Å². The quantitative estimate of drug-likeness (QED) is 0.377. The summed E-state index contributed by atoms with van der Waals surface area (Å²) in [5.41, 5.74) is 1.53. The summed E-state index contributed by atoms with van der Waals surface area (Å²) in [6, 6.07) is 9.13. The summed E-state index contributed by atoms with van der Waals surface area (Å²) in [6.07, 6.45) is 1.75. The number of ether oxygens (including phenoxy) is 1. The molecule has 0 aliphatic rings. The van der Waals surface area contributed by atoms with E-state index >= 15 is 0 Å². The number of carbonyl (C=O) groups excluding carboxylic acids is 1. The van der Waals surface area contributed by atoms with Crippen LogP contribution in [0.2, 0.25) is 10.0 Å². The van der Waals surface area contributed by atoms with Crippen molar-refractivity contribution in [3.63, 3.8) is 0 Å². The summed E-state index contributed by atoms with van der Waals surface area (Å²) in [7, 11) is 0. The van der Waals surface area contributed by atoms with Crippen molar-refractivity contribution in [1.29, 1.82) is 0 Å². The smallest absolute Gasteiger partial charge is 0.275 e. The molecular formula is C20H18Cl2N4O4. The number of rotatable bonds is 7. The molecule has 1 heterocycles. The van der Waals surface area contributed by atoms with Gasteiger partial charge >= 0.3 is 0 Å². The highest BCUT2D eigenvalue weighted by molar-refractivity contribution is 6.31. The van der Waals surface area contributed by atoms with Crippen LogP contribution in [0.4, 0.5) is 11.4 Å². The second kappa shape index (κ2) is 9.15. The van der Waals surface area contributed by atoms with Crippen molar-refractivity contribution in [3.05, 3.63) is 74.0 Å². The Kier molecular flexibility index (Phi) is 6.59. The molecule has 30 heavy (non-hydrogen) atoms. The topological polar surface area (TPSA) is 99.3 Å². The number of amides is 1. The first kappa shape index (κ1) is 21.6. The van der Waals surface area contributed by atoms with Crippen molar-refractivity contribution in [2.24, 2.45) is 0 Å². The normalized spacial score (nSPS) is 10.7. The largest absolute Gasteiger partial charge is 0.457 e. The van der Waals surface area contributed by atoms with Crippen molar-refractivity contribution in [2.45, 2.75) is 26.8 Å². The van der Waals surface area contributed by atoms with Gasteiger partial charge in [0.2, 0.25) is 5.91 Å². The van der Waals surface area contributed by atoms with Crippen LogP contribution in [0.25, 0.3) is 0 Å². The van der Waals surface area contributed by atoms with Gasteiger partial charge < -0.3 is 10.1 Å². The van der Waals surface area contributed by atoms with Gasteiger partial charge in [0, 0.05) is 36.3 Å². The Hall–Kier alpha value is -3.10. The third-order valence-electron chi connectivity index (χ3n) is 4.21. The van der Waals surface area contributed by atoms with Crippen LogP contribution in [0.5, 0.6) is 11.5 Å². The lowest BCUT2D eigenvalue weighted by atomic mass is 10.2. The molecule has 3 aromatic rings. The number of nitro groups is 1. The highest BCUT2D eigenvalue weighted by atomic mass is 35.5. The number of halogens is 2. The first-order chi connectivity index (χ1) is 14.2. The van der Waals surface area contributed by atoms with E-state index in [9.17, 15) is 14.9 Å². The van der Waals surface area contributed by atoms with Gasteiger partial charge in [-0.3, -0.25) is 19.6 Å². The lowest BCUT2D eigenvalue weighted by Gasteiger charge is -2.10. The van der Waals surface area contributed by atoms with Gasteiger partial charge in [-0.05, 0) is 37.6 Å². The minimum atomic E-state index is -0.551. The summed E-state index contributed by atoms with van der Waals surface area (Å²) in [5.74, 6) is 0.365. The van der Waals surface area contributed by atoms with Crippen LogP contribution in [0.3, 0.4) is 0 Å². The number of non-ortho nitro benzene ring substituents is 1. The lowest BCUT2D eigenvalue weighted by Crippen LogP contribution is -2.15. The SMILES string of the molecule is Cc1cc(Oc2cc(NC(=O)CCn3cc(Cl)c(C)n3)cc([N+](=O)[O-])c2)ccc1Cl. The summed E-state index contributed by atoms with van der Waals surface area (Å²) >= 11 is 12.0. The van der Waals surface area contributed by atoms with Crippen LogP contribution < -0.4 is 10.1 Å². The molecule has 0 saturated carbocycles. The van der Waals surface area contributed by atoms with Crippen molar-refractivity contribution in [2.75, 3.05) is 5.32 Å². The molecule has 0 spiro atoms. The average molecular weight is 449 g/mol. The van der Waals surface area contributed by atoms with Gasteiger partial charge in [0.25, 0.3) is 5.69 Å². The lowest BCUT2D eigenvalue weighted by molar-refractivity contribution is -0.384. The Morgan fingerprint density at radius 2 is 1.93 bits per heavy atom. The van der Waals surface area contributed by atoms with Crippen LogP contribution in [0.1, 0.15) is 17.7 Å². The Bertz CT molecular complexity index is 1090. The summed E-state index contributed by atoms with van der Waals surface area (Å²) in [5, 5.41) is 19.2. The van der Waals surface area contributed by atoms with E-state index in [2.05, 4.69) is 10.4 Å². The maximum atomic E-state index is 12.3. The number of nitrogens with zero attached hydrogens (tertiary/aromatic N) is 3. The van der Waals surface area contributed by atoms with E-state index in [1.165, 1.54) is 18.2 Å². The number of nitro benzene ring substituents is 1. The Morgan fingerprint density at radius 1 is 1.17 bits per heavy atom. The maximum Gasteiger partial charge on any atom is 0.275 e. The van der Waals surface area contributed by atoms with Crippen molar-refractivity contribution in [3.8, 4) is 11.5 Å². The van der Waals surface area contributed by atoms with Crippen LogP contribution in [0, 0.1) is 24.0 Å². The van der Waals surface area contributed by atoms with Crippen LogP contribution in [0.15, 0.2) is 42.6 Å². The number of hydrogen-bond acceptors (Lipinski definition) is 5. The van der Waals surface area contributed by atoms with E-state index in [-0.39, 0.29) is 29.5 Å². The third-order valence-corrected chi connectivity index (χ3v) is 5.00. The number of aromatic nitrogens is 2. The number of anilines is 1. The first-order valence-corrected chi connectivity index (χ1v) is 9.70. The van der Waals surface area contributed by atoms with Crippen LogP contribution in [-0.4, -0.2) is 20.6 Å². The molecule has 156 valence electrons. The fourth-order valence-corrected chi connectivity index (χ4v) is 2.95. The summed E-state index contributed by atoms with van der Waals surface area (Å²) < 4.78 is 7.30. The van der Waals surface area contributed by atoms with Gasteiger partial charge in [-0.1, -0.05) is 23.2 Å². The van der Waals surface area contributed by atoms with Gasteiger partial charge in [0.15, 0.2) is 0 Å². The van der Waals surface area contributed by atoms with E-state index in [4.69, 9.17) is 27.9 Å². The summed E-state index contributed by atoms with van der Waals surface area (Å²) in [6.45, 7) is 3.91. The molecule has 0 saturated heterocycles. The zero-order valence-electron chi connectivity index (χ0n) is 16.2. The van der Waals surface area contributed by atoms with E-state index < -0.39 is 4.92 Å². The minimum absolute atomic E-state index is 0.118. The number of nitrogens with one attached hydrogen (secondary N) is 1. The number of benzene rings is 2. The van der Waals surface area contributed by atoms with Gasteiger partial charge in [-0.25, -0.2) is 0 Å². The predicted octanol–water partition coefficient (Wildman–Crippen LogP) is 5.54.